The van der Waals surface area contributed by atoms with Gasteiger partial charge in [0.15, 0.2) is 0 Å². The molecule has 0 N–H and O–H groups in total. The molecule has 0 unspecified atom stereocenters. The van der Waals surface area contributed by atoms with Crippen LogP contribution in [0.15, 0.2) is 36.5 Å². The van der Waals surface area contributed by atoms with E-state index in [0.29, 0.717) is 12.5 Å². The number of aromatic nitrogens is 2. The molecule has 0 atom stereocenters. The lowest BCUT2D eigenvalue weighted by molar-refractivity contribution is 0.289. The van der Waals surface area contributed by atoms with Crippen molar-refractivity contribution >= 4 is 0 Å². The van der Waals surface area contributed by atoms with Gasteiger partial charge in [-0.25, -0.2) is 0 Å². The van der Waals surface area contributed by atoms with Crippen molar-refractivity contribution < 1.29 is 4.74 Å². The van der Waals surface area contributed by atoms with E-state index in [-0.39, 0.29) is 0 Å². The fourth-order valence-electron chi connectivity index (χ4n) is 1.46. The minimum Gasteiger partial charge on any atom is -0.472 e. The number of hydrogen-bond acceptors (Lipinski definition) is 2. The highest BCUT2D eigenvalue weighted by Crippen LogP contribution is 2.15. The van der Waals surface area contributed by atoms with Crippen molar-refractivity contribution in [3.8, 4) is 5.88 Å². The molecular weight excluding hydrogens is 188 g/mol. The van der Waals surface area contributed by atoms with Crippen molar-refractivity contribution in [3.05, 3.63) is 47.7 Å². The summed E-state index contributed by atoms with van der Waals surface area (Å²) in [4.78, 5) is 0. The molecule has 78 valence electrons. The molecule has 0 saturated carbocycles. The van der Waals surface area contributed by atoms with Crippen molar-refractivity contribution in [2.45, 2.75) is 13.5 Å². The molecule has 1 aromatic heterocycles. The number of nitrogens with zero attached hydrogens (tertiary/aromatic N) is 2. The predicted octanol–water partition coefficient (Wildman–Crippen LogP) is 2.31. The van der Waals surface area contributed by atoms with E-state index < -0.39 is 0 Å². The van der Waals surface area contributed by atoms with Crippen LogP contribution < -0.4 is 4.74 Å². The van der Waals surface area contributed by atoms with Gasteiger partial charge in [0.1, 0.15) is 6.61 Å². The molecule has 0 spiro atoms. The first kappa shape index (κ1) is 9.77. The summed E-state index contributed by atoms with van der Waals surface area (Å²) in [6, 6.07) is 10.1. The summed E-state index contributed by atoms with van der Waals surface area (Å²) in [5.74, 6) is 0.710. The molecule has 0 fully saturated rings. The summed E-state index contributed by atoms with van der Waals surface area (Å²) in [6.07, 6.45) is 1.94. The van der Waals surface area contributed by atoms with E-state index in [1.54, 1.807) is 4.68 Å². The van der Waals surface area contributed by atoms with E-state index in [4.69, 9.17) is 4.74 Å². The lowest BCUT2D eigenvalue weighted by Crippen LogP contribution is -1.97. The maximum Gasteiger partial charge on any atom is 0.236 e. The van der Waals surface area contributed by atoms with Crippen LogP contribution in [0, 0.1) is 6.92 Å². The molecule has 0 amide bonds. The fraction of sp³-hybridized carbons (Fsp3) is 0.250. The van der Waals surface area contributed by atoms with Crippen molar-refractivity contribution in [1.29, 1.82) is 0 Å². The second-order valence-corrected chi connectivity index (χ2v) is 3.57. The summed E-state index contributed by atoms with van der Waals surface area (Å²) >= 11 is 0. The lowest BCUT2D eigenvalue weighted by atomic mass is 10.2. The molecule has 2 aromatic rings. The van der Waals surface area contributed by atoms with E-state index in [1.165, 1.54) is 0 Å². The Kier molecular flexibility index (Phi) is 2.72. The second-order valence-electron chi connectivity index (χ2n) is 3.57. The van der Waals surface area contributed by atoms with E-state index in [1.807, 2.05) is 50.5 Å². The minimum absolute atomic E-state index is 0.568. The average molecular weight is 202 g/mol. The number of rotatable bonds is 3. The molecule has 0 radical (unpaired) electrons. The molecule has 0 saturated heterocycles. The third-order valence-electron chi connectivity index (χ3n) is 2.18. The Hall–Kier alpha value is -1.77. The van der Waals surface area contributed by atoms with E-state index in [2.05, 4.69) is 5.10 Å². The zero-order chi connectivity index (χ0) is 10.7. The van der Waals surface area contributed by atoms with Gasteiger partial charge in [0.05, 0.1) is 0 Å². The zero-order valence-electron chi connectivity index (χ0n) is 8.97. The highest BCUT2D eigenvalue weighted by molar-refractivity contribution is 5.22. The Morgan fingerprint density at radius 1 is 1.27 bits per heavy atom. The Bertz CT molecular complexity index is 434. The third-order valence-corrected chi connectivity index (χ3v) is 2.18. The normalized spacial score (nSPS) is 10.3. The molecular formula is C12H14N2O. The Morgan fingerprint density at radius 2 is 2.00 bits per heavy atom. The van der Waals surface area contributed by atoms with Gasteiger partial charge < -0.3 is 4.74 Å². The van der Waals surface area contributed by atoms with Gasteiger partial charge in [-0.3, -0.25) is 4.68 Å². The van der Waals surface area contributed by atoms with Gasteiger partial charge in [0, 0.05) is 18.8 Å². The SMILES string of the molecule is Cc1cn(C)nc1OCc1ccccc1. The summed E-state index contributed by atoms with van der Waals surface area (Å²) in [5.41, 5.74) is 2.22. The van der Waals surface area contributed by atoms with Crippen molar-refractivity contribution in [3.63, 3.8) is 0 Å². The van der Waals surface area contributed by atoms with Gasteiger partial charge >= 0.3 is 0 Å². The first-order valence-electron chi connectivity index (χ1n) is 4.92. The highest BCUT2D eigenvalue weighted by atomic mass is 16.5. The van der Waals surface area contributed by atoms with Gasteiger partial charge in [0.2, 0.25) is 5.88 Å². The molecule has 3 nitrogen and oxygen atoms in total. The second kappa shape index (κ2) is 4.17. The molecule has 0 aliphatic carbocycles. The first-order chi connectivity index (χ1) is 7.25. The van der Waals surface area contributed by atoms with Crippen LogP contribution in [-0.4, -0.2) is 9.78 Å². The molecule has 1 heterocycles. The van der Waals surface area contributed by atoms with Crippen LogP contribution in [0.2, 0.25) is 0 Å². The molecule has 0 bridgehead atoms. The fourth-order valence-corrected chi connectivity index (χ4v) is 1.46. The van der Waals surface area contributed by atoms with Crippen LogP contribution >= 0.6 is 0 Å². The number of aryl methyl sites for hydroxylation is 2. The summed E-state index contributed by atoms with van der Waals surface area (Å²) in [7, 11) is 1.89. The van der Waals surface area contributed by atoms with Crippen molar-refractivity contribution in [1.82, 2.24) is 9.78 Å². The highest BCUT2D eigenvalue weighted by Gasteiger charge is 2.03. The average Bonchev–Trinajstić information content (AvgIpc) is 2.56. The molecule has 15 heavy (non-hydrogen) atoms. The maximum atomic E-state index is 5.61. The Labute approximate surface area is 89.3 Å². The molecule has 0 aliphatic heterocycles. The standard InChI is InChI=1S/C12H14N2O/c1-10-8-14(2)13-12(10)15-9-11-6-4-3-5-7-11/h3-8H,9H2,1-2H3. The van der Waals surface area contributed by atoms with Crippen LogP contribution in [-0.2, 0) is 13.7 Å². The monoisotopic (exact) mass is 202 g/mol. The quantitative estimate of drug-likeness (QED) is 0.763. The van der Waals surface area contributed by atoms with E-state index in [0.717, 1.165) is 11.1 Å². The van der Waals surface area contributed by atoms with Crippen LogP contribution in [0.5, 0.6) is 5.88 Å². The van der Waals surface area contributed by atoms with E-state index in [9.17, 15) is 0 Å². The zero-order valence-corrected chi connectivity index (χ0v) is 8.97. The molecule has 0 aliphatic rings. The largest absolute Gasteiger partial charge is 0.472 e. The maximum absolute atomic E-state index is 5.61. The van der Waals surface area contributed by atoms with Gasteiger partial charge in [-0.2, -0.15) is 0 Å². The van der Waals surface area contributed by atoms with Crippen LogP contribution in [0.3, 0.4) is 0 Å². The van der Waals surface area contributed by atoms with Gasteiger partial charge in [-0.05, 0) is 12.5 Å². The third kappa shape index (κ3) is 2.37. The number of benzene rings is 1. The molecule has 2 rings (SSSR count). The summed E-state index contributed by atoms with van der Waals surface area (Å²) in [5, 5.41) is 4.22. The first-order valence-corrected chi connectivity index (χ1v) is 4.92. The Balaban J connectivity index is 2.02. The smallest absolute Gasteiger partial charge is 0.236 e. The van der Waals surface area contributed by atoms with Gasteiger partial charge in [0.25, 0.3) is 0 Å². The minimum atomic E-state index is 0.568. The summed E-state index contributed by atoms with van der Waals surface area (Å²) in [6.45, 7) is 2.56. The number of hydrogen-bond donors (Lipinski definition) is 0. The predicted molar refractivity (Wildman–Crippen MR) is 58.7 cm³/mol. The summed E-state index contributed by atoms with van der Waals surface area (Å²) < 4.78 is 7.37. The molecule has 1 aromatic carbocycles. The van der Waals surface area contributed by atoms with Crippen molar-refractivity contribution in [2.24, 2.45) is 7.05 Å². The lowest BCUT2D eigenvalue weighted by Gasteiger charge is -2.03. The van der Waals surface area contributed by atoms with Gasteiger partial charge in [-0.15, -0.1) is 5.10 Å². The Morgan fingerprint density at radius 3 is 2.60 bits per heavy atom. The molecule has 3 heteroatoms. The van der Waals surface area contributed by atoms with Crippen molar-refractivity contribution in [2.75, 3.05) is 0 Å². The number of ether oxygens (including phenoxy) is 1. The van der Waals surface area contributed by atoms with Crippen LogP contribution in [0.1, 0.15) is 11.1 Å². The van der Waals surface area contributed by atoms with Gasteiger partial charge in [-0.1, -0.05) is 30.3 Å². The van der Waals surface area contributed by atoms with Crippen LogP contribution in [0.25, 0.3) is 0 Å². The topological polar surface area (TPSA) is 27.1 Å². The van der Waals surface area contributed by atoms with Crippen LogP contribution in [0.4, 0.5) is 0 Å². The van der Waals surface area contributed by atoms with E-state index >= 15 is 0 Å².